The zero-order chi connectivity index (χ0) is 18.8. The van der Waals surface area contributed by atoms with Crippen LogP contribution in [0.3, 0.4) is 0 Å². The molecule has 0 aliphatic carbocycles. The van der Waals surface area contributed by atoms with Gasteiger partial charge in [-0.25, -0.2) is 13.6 Å². The zero-order valence-electron chi connectivity index (χ0n) is 13.9. The Morgan fingerprint density at radius 2 is 1.96 bits per heavy atom. The molecule has 0 radical (unpaired) electrons. The predicted octanol–water partition coefficient (Wildman–Crippen LogP) is 3.50. The molecule has 3 aromatic rings. The highest BCUT2D eigenvalue weighted by Gasteiger charge is 2.29. The quantitative estimate of drug-likeness (QED) is 0.652. The van der Waals surface area contributed by atoms with Crippen molar-refractivity contribution in [1.29, 1.82) is 0 Å². The van der Waals surface area contributed by atoms with E-state index in [0.717, 1.165) is 12.1 Å². The van der Waals surface area contributed by atoms with Crippen molar-refractivity contribution in [3.63, 3.8) is 0 Å². The second-order valence-electron chi connectivity index (χ2n) is 5.78. The number of hydrogen-bond donors (Lipinski definition) is 0. The highest BCUT2D eigenvalue weighted by atomic mass is 19.1. The van der Waals surface area contributed by atoms with Gasteiger partial charge in [-0.05, 0) is 24.3 Å². The molecule has 1 unspecified atom stereocenters. The summed E-state index contributed by atoms with van der Waals surface area (Å²) in [5, 5.41) is 3.72. The van der Waals surface area contributed by atoms with Gasteiger partial charge in [0.05, 0.1) is 5.56 Å². The number of para-hydroxylation sites is 2. The van der Waals surface area contributed by atoms with Crippen LogP contribution in [0.2, 0.25) is 0 Å². The van der Waals surface area contributed by atoms with Gasteiger partial charge in [0.25, 0.3) is 0 Å². The van der Waals surface area contributed by atoms with Crippen molar-refractivity contribution in [2.24, 2.45) is 0 Å². The van der Waals surface area contributed by atoms with E-state index in [0.29, 0.717) is 11.5 Å². The number of nitrogens with zero attached hydrogens (tertiary/aromatic N) is 1. The van der Waals surface area contributed by atoms with Crippen molar-refractivity contribution in [1.82, 2.24) is 5.16 Å². The Labute approximate surface area is 152 Å². The van der Waals surface area contributed by atoms with Crippen molar-refractivity contribution in [3.05, 3.63) is 65.9 Å². The van der Waals surface area contributed by atoms with Crippen LogP contribution in [0.4, 0.5) is 8.78 Å². The van der Waals surface area contributed by atoms with Crippen LogP contribution in [0.5, 0.6) is 11.5 Å². The molecule has 0 saturated carbocycles. The number of hydrogen-bond acceptors (Lipinski definition) is 6. The third-order valence-corrected chi connectivity index (χ3v) is 3.89. The van der Waals surface area contributed by atoms with E-state index in [1.807, 2.05) is 0 Å². The Balaban J connectivity index is 1.38. The van der Waals surface area contributed by atoms with E-state index in [1.165, 1.54) is 12.1 Å². The van der Waals surface area contributed by atoms with E-state index in [2.05, 4.69) is 5.16 Å². The highest BCUT2D eigenvalue weighted by molar-refractivity contribution is 5.76. The molecule has 0 amide bonds. The molecule has 2 heterocycles. The van der Waals surface area contributed by atoms with Gasteiger partial charge in [-0.2, -0.15) is 0 Å². The predicted molar refractivity (Wildman–Crippen MR) is 88.0 cm³/mol. The van der Waals surface area contributed by atoms with Gasteiger partial charge >= 0.3 is 5.97 Å². The largest absolute Gasteiger partial charge is 0.485 e. The monoisotopic (exact) mass is 373 g/mol. The van der Waals surface area contributed by atoms with Crippen molar-refractivity contribution < 1.29 is 32.3 Å². The third kappa shape index (κ3) is 3.59. The molecule has 0 fully saturated rings. The lowest BCUT2D eigenvalue weighted by Crippen LogP contribution is -2.37. The van der Waals surface area contributed by atoms with Gasteiger partial charge in [-0.3, -0.25) is 0 Å². The van der Waals surface area contributed by atoms with Crippen LogP contribution in [0.25, 0.3) is 11.3 Å². The molecule has 0 saturated heterocycles. The molecule has 0 bridgehead atoms. The fraction of sp³-hybridized carbons (Fsp3) is 0.158. The molecular formula is C19H13F2NO5. The highest BCUT2D eigenvalue weighted by Crippen LogP contribution is 2.31. The summed E-state index contributed by atoms with van der Waals surface area (Å²) in [5.41, 5.74) is 0.335. The van der Waals surface area contributed by atoms with Crippen molar-refractivity contribution in [2.45, 2.75) is 12.7 Å². The lowest BCUT2D eigenvalue weighted by Gasteiger charge is -2.24. The molecule has 2 aromatic carbocycles. The summed E-state index contributed by atoms with van der Waals surface area (Å²) >= 11 is 0. The Morgan fingerprint density at radius 1 is 1.15 bits per heavy atom. The minimum absolute atomic E-state index is 0.0285. The van der Waals surface area contributed by atoms with Crippen molar-refractivity contribution in [3.8, 4) is 22.8 Å². The fourth-order valence-corrected chi connectivity index (χ4v) is 2.57. The standard InChI is InChI=1S/C19H13F2NO5/c20-11-5-6-13(14(21)7-11)17-8-12(22-27-17)9-25-19(23)18-10-24-15-3-1-2-4-16(15)26-18/h1-8,18H,9-10H2. The topological polar surface area (TPSA) is 70.8 Å². The first-order valence-electron chi connectivity index (χ1n) is 8.06. The molecule has 1 aliphatic rings. The smallest absolute Gasteiger partial charge is 0.351 e. The number of carbonyl (C=O) groups is 1. The maximum atomic E-state index is 13.8. The zero-order valence-corrected chi connectivity index (χ0v) is 13.9. The Bertz CT molecular complexity index is 988. The number of rotatable bonds is 4. The van der Waals surface area contributed by atoms with Gasteiger partial charge in [-0.15, -0.1) is 0 Å². The Kier molecular flexibility index (Phi) is 4.45. The number of benzene rings is 2. The minimum Gasteiger partial charge on any atom is -0.485 e. The van der Waals surface area contributed by atoms with Gasteiger partial charge in [-0.1, -0.05) is 17.3 Å². The second kappa shape index (κ2) is 7.06. The van der Waals surface area contributed by atoms with Gasteiger partial charge in [0.15, 0.2) is 17.3 Å². The van der Waals surface area contributed by atoms with E-state index in [-0.39, 0.29) is 30.2 Å². The molecule has 6 nitrogen and oxygen atoms in total. The normalized spacial score (nSPS) is 15.4. The number of ether oxygens (including phenoxy) is 3. The summed E-state index contributed by atoms with van der Waals surface area (Å²) in [6, 6.07) is 11.5. The first-order valence-corrected chi connectivity index (χ1v) is 8.06. The molecule has 27 heavy (non-hydrogen) atoms. The molecule has 4 rings (SSSR count). The maximum Gasteiger partial charge on any atom is 0.351 e. The first-order chi connectivity index (χ1) is 13.1. The van der Waals surface area contributed by atoms with Gasteiger partial charge in [0.1, 0.15) is 30.5 Å². The van der Waals surface area contributed by atoms with Crippen LogP contribution in [-0.2, 0) is 16.1 Å². The van der Waals surface area contributed by atoms with Crippen molar-refractivity contribution >= 4 is 5.97 Å². The summed E-state index contributed by atoms with van der Waals surface area (Å²) in [5.74, 6) is -0.973. The number of halogens is 2. The minimum atomic E-state index is -0.902. The molecule has 0 N–H and O–H groups in total. The molecular weight excluding hydrogens is 360 g/mol. The fourth-order valence-electron chi connectivity index (χ4n) is 2.57. The first kappa shape index (κ1) is 17.0. The molecule has 1 aliphatic heterocycles. The Morgan fingerprint density at radius 3 is 2.78 bits per heavy atom. The van der Waals surface area contributed by atoms with Crippen LogP contribution in [0, 0.1) is 11.6 Å². The maximum absolute atomic E-state index is 13.8. The van der Waals surface area contributed by atoms with E-state index in [1.54, 1.807) is 24.3 Å². The average molecular weight is 373 g/mol. The van der Waals surface area contributed by atoms with Gasteiger partial charge < -0.3 is 18.7 Å². The van der Waals surface area contributed by atoms with E-state index in [4.69, 9.17) is 18.7 Å². The summed E-state index contributed by atoms with van der Waals surface area (Å²) in [6.45, 7) is -0.159. The van der Waals surface area contributed by atoms with Crippen LogP contribution < -0.4 is 9.47 Å². The van der Waals surface area contributed by atoms with E-state index >= 15 is 0 Å². The van der Waals surface area contributed by atoms with Crippen LogP contribution in [-0.4, -0.2) is 23.8 Å². The van der Waals surface area contributed by atoms with E-state index < -0.39 is 23.7 Å². The number of aromatic nitrogens is 1. The molecule has 138 valence electrons. The number of esters is 1. The third-order valence-electron chi connectivity index (χ3n) is 3.89. The molecule has 0 spiro atoms. The lowest BCUT2D eigenvalue weighted by atomic mass is 10.1. The van der Waals surface area contributed by atoms with Crippen LogP contribution in [0.15, 0.2) is 53.1 Å². The molecule has 1 aromatic heterocycles. The van der Waals surface area contributed by atoms with Crippen LogP contribution in [0.1, 0.15) is 5.69 Å². The molecule has 1 atom stereocenters. The van der Waals surface area contributed by atoms with Gasteiger partial charge in [0, 0.05) is 12.1 Å². The number of fused-ring (bicyclic) bond motifs is 1. The summed E-state index contributed by atoms with van der Waals surface area (Å²) in [4.78, 5) is 12.2. The average Bonchev–Trinajstić information content (AvgIpc) is 3.14. The number of carbonyl (C=O) groups excluding carboxylic acids is 1. The van der Waals surface area contributed by atoms with Crippen molar-refractivity contribution in [2.75, 3.05) is 6.61 Å². The van der Waals surface area contributed by atoms with E-state index in [9.17, 15) is 13.6 Å². The Hall–Kier alpha value is -3.42. The van der Waals surface area contributed by atoms with Gasteiger partial charge in [0.2, 0.25) is 6.10 Å². The SMILES string of the molecule is O=C(OCc1cc(-c2ccc(F)cc2F)on1)C1COc2ccccc2O1. The lowest BCUT2D eigenvalue weighted by molar-refractivity contribution is -0.156. The summed E-state index contributed by atoms with van der Waals surface area (Å²) < 4.78 is 48.0. The molecule has 8 heteroatoms. The van der Waals surface area contributed by atoms with Crippen LogP contribution >= 0.6 is 0 Å². The second-order valence-corrected chi connectivity index (χ2v) is 5.78. The summed E-state index contributed by atoms with van der Waals surface area (Å²) in [7, 11) is 0. The summed E-state index contributed by atoms with van der Waals surface area (Å²) in [6.07, 6.45) is -0.902.